The van der Waals surface area contributed by atoms with Crippen molar-refractivity contribution in [2.75, 3.05) is 0 Å². The van der Waals surface area contributed by atoms with Crippen LogP contribution >= 0.6 is 0 Å². The van der Waals surface area contributed by atoms with Crippen LogP contribution in [0, 0.1) is 103 Å². The maximum Gasteiger partial charge on any atom is 3.00 e. The van der Waals surface area contributed by atoms with Crippen LogP contribution in [0.3, 0.4) is 0 Å². The monoisotopic (exact) mass is 557 g/mol. The average Bonchev–Trinajstić information content (AvgIpc) is 2.63. The molecule has 0 N–H and O–H groups in total. The maximum absolute atomic E-state index is 11.1. The molecule has 0 spiro atoms. The van der Waals surface area contributed by atoms with Crippen molar-refractivity contribution in [1.82, 2.24) is 0 Å². The van der Waals surface area contributed by atoms with E-state index in [1.165, 1.54) is 0 Å². The molecule has 0 unspecified atom stereocenters. The molecule has 0 heterocycles. The Hall–Kier alpha value is -1.60. The maximum atomic E-state index is 11.1. The molecule has 0 aliphatic heterocycles. The summed E-state index contributed by atoms with van der Waals surface area (Å²) in [6, 6.07) is 11.5. The Kier molecular flexibility index (Phi) is 12.4. The predicted molar refractivity (Wildman–Crippen MR) is 120 cm³/mol. The van der Waals surface area contributed by atoms with Gasteiger partial charge in [-0.1, -0.05) is 86.5 Å². The molecule has 31 heavy (non-hydrogen) atoms. The fourth-order valence-electron chi connectivity index (χ4n) is 3.50. The normalized spacial score (nSPS) is 9.58. The first-order chi connectivity index (χ1) is 13.8. The molecule has 0 aliphatic rings. The van der Waals surface area contributed by atoms with Gasteiger partial charge in [0.25, 0.3) is 0 Å². The number of aryl methyl sites for hydroxylation is 9. The molecule has 165 valence electrons. The van der Waals surface area contributed by atoms with Gasteiger partial charge < -0.3 is 15.3 Å². The van der Waals surface area contributed by atoms with Crippen molar-refractivity contribution < 1.29 is 55.7 Å². The van der Waals surface area contributed by atoms with Gasteiger partial charge in [0.05, 0.1) is 0 Å². The Balaban J connectivity index is 0.000000429. The van der Waals surface area contributed by atoms with Gasteiger partial charge in [-0.25, -0.2) is 0 Å². The summed E-state index contributed by atoms with van der Waals surface area (Å²) in [7, 11) is 0. The van der Waals surface area contributed by atoms with E-state index in [2.05, 4.69) is 0 Å². The molecule has 0 atom stereocenters. The van der Waals surface area contributed by atoms with Gasteiger partial charge in [-0.3, -0.25) is 0 Å². The molecule has 0 amide bonds. The molecule has 3 aromatic rings. The Bertz CT molecular complexity index is 822. The van der Waals surface area contributed by atoms with Gasteiger partial charge in [0.1, 0.15) is 0 Å². The third kappa shape index (κ3) is 9.19. The van der Waals surface area contributed by atoms with Gasteiger partial charge in [0, 0.05) is 0 Å². The summed E-state index contributed by atoms with van der Waals surface area (Å²) in [6.07, 6.45) is 0. The summed E-state index contributed by atoms with van der Waals surface area (Å²) >= 11 is 0. The fourth-order valence-corrected chi connectivity index (χ4v) is 3.50. The van der Waals surface area contributed by atoms with Crippen molar-refractivity contribution in [3.63, 3.8) is 0 Å². The van der Waals surface area contributed by atoms with Crippen molar-refractivity contribution in [3.8, 4) is 17.2 Å². The quantitative estimate of drug-likeness (QED) is 0.390. The first kappa shape index (κ1) is 29.4. The predicted octanol–water partition coefficient (Wildman–Crippen LogP) is 5.06. The van der Waals surface area contributed by atoms with E-state index in [1.54, 1.807) is 0 Å². The van der Waals surface area contributed by atoms with Crippen LogP contribution in [0.25, 0.3) is 0 Å². The van der Waals surface area contributed by atoms with Gasteiger partial charge in [-0.15, -0.1) is 17.2 Å². The van der Waals surface area contributed by atoms with E-state index in [4.69, 9.17) is 0 Å². The van der Waals surface area contributed by atoms with E-state index in [0.717, 1.165) is 50.1 Å². The zero-order valence-electron chi connectivity index (χ0n) is 20.1. The topological polar surface area (TPSA) is 69.2 Å². The van der Waals surface area contributed by atoms with Gasteiger partial charge >= 0.3 is 40.4 Å². The molecule has 0 bridgehead atoms. The summed E-state index contributed by atoms with van der Waals surface area (Å²) < 4.78 is 0. The molecule has 1 radical (unpaired) electrons. The second-order valence-corrected chi connectivity index (χ2v) is 8.18. The van der Waals surface area contributed by atoms with Crippen molar-refractivity contribution in [3.05, 3.63) is 86.5 Å². The van der Waals surface area contributed by atoms with E-state index in [-0.39, 0.29) is 57.6 Å². The first-order valence-corrected chi connectivity index (χ1v) is 10.1. The summed E-state index contributed by atoms with van der Waals surface area (Å²) in [6.45, 7) is 17.1. The van der Waals surface area contributed by atoms with Crippen LogP contribution in [0.2, 0.25) is 0 Å². The summed E-state index contributed by atoms with van der Waals surface area (Å²) in [5.74, 6) is 0.516. The minimum atomic E-state index is 0. The number of hydrogen-bond acceptors (Lipinski definition) is 3. The van der Waals surface area contributed by atoms with Crippen molar-refractivity contribution in [1.29, 1.82) is 0 Å². The molecular formula is C27H33O3Sm. The Morgan fingerprint density at radius 2 is 0.484 bits per heavy atom. The molecule has 0 aliphatic carbocycles. The van der Waals surface area contributed by atoms with Crippen LogP contribution in [-0.2, 0) is 0 Å². The molecule has 4 heteroatoms. The number of hydrogen-bond donors (Lipinski definition) is 0. The largest absolute Gasteiger partial charge is 3.00 e. The third-order valence-electron chi connectivity index (χ3n) is 4.81. The Labute approximate surface area is 220 Å². The van der Waals surface area contributed by atoms with Crippen LogP contribution in [0.1, 0.15) is 50.1 Å². The molecule has 0 aromatic heterocycles. The third-order valence-corrected chi connectivity index (χ3v) is 4.81. The standard InChI is InChI=1S/3C9H12O.Sm/c3*1-6-4-7(2)9(10)8(3)5-6;/h3*4-5,10H,1-3H3;/q;;;+3/p-3. The van der Waals surface area contributed by atoms with E-state index in [9.17, 15) is 15.3 Å². The van der Waals surface area contributed by atoms with Crippen LogP contribution in [0.4, 0.5) is 0 Å². The van der Waals surface area contributed by atoms with Crippen molar-refractivity contribution >= 4 is 0 Å². The second-order valence-electron chi connectivity index (χ2n) is 8.18. The Morgan fingerprint density at radius 3 is 0.613 bits per heavy atom. The number of benzene rings is 3. The van der Waals surface area contributed by atoms with Crippen LogP contribution in [-0.4, -0.2) is 0 Å². The molecule has 3 aromatic carbocycles. The smallest absolute Gasteiger partial charge is 0.872 e. The average molecular weight is 556 g/mol. The zero-order valence-corrected chi connectivity index (χ0v) is 22.7. The minimum absolute atomic E-state index is 0. The van der Waals surface area contributed by atoms with Crippen LogP contribution in [0.15, 0.2) is 36.4 Å². The van der Waals surface area contributed by atoms with Crippen molar-refractivity contribution in [2.45, 2.75) is 62.3 Å². The minimum Gasteiger partial charge on any atom is -0.872 e. The summed E-state index contributed by atoms with van der Waals surface area (Å²) in [5.41, 5.74) is 8.55. The molecule has 0 saturated heterocycles. The van der Waals surface area contributed by atoms with Gasteiger partial charge in [-0.05, 0) is 62.3 Å². The fraction of sp³-hybridized carbons (Fsp3) is 0.333. The molecule has 3 rings (SSSR count). The van der Waals surface area contributed by atoms with Gasteiger partial charge in [-0.2, -0.15) is 0 Å². The van der Waals surface area contributed by atoms with E-state index in [0.29, 0.717) is 0 Å². The molecular weight excluding hydrogens is 523 g/mol. The number of rotatable bonds is 0. The SMILES string of the molecule is Cc1cc(C)c([O-])c(C)c1.Cc1cc(C)c([O-])c(C)c1.Cc1cc(C)c([O-])c(C)c1.[Sm+3]. The second kappa shape index (κ2) is 13.1. The van der Waals surface area contributed by atoms with Crippen molar-refractivity contribution in [2.24, 2.45) is 0 Å². The first-order valence-electron chi connectivity index (χ1n) is 10.1. The zero-order chi connectivity index (χ0) is 23.2. The molecule has 0 fully saturated rings. The van der Waals surface area contributed by atoms with E-state index < -0.39 is 0 Å². The van der Waals surface area contributed by atoms with E-state index >= 15 is 0 Å². The van der Waals surface area contributed by atoms with Gasteiger partial charge in [0.2, 0.25) is 0 Å². The van der Waals surface area contributed by atoms with Crippen LogP contribution < -0.4 is 15.3 Å². The summed E-state index contributed by atoms with van der Waals surface area (Å²) in [4.78, 5) is 0. The van der Waals surface area contributed by atoms with Crippen LogP contribution in [0.5, 0.6) is 17.2 Å². The Morgan fingerprint density at radius 1 is 0.355 bits per heavy atom. The van der Waals surface area contributed by atoms with Gasteiger partial charge in [0.15, 0.2) is 0 Å². The summed E-state index contributed by atoms with van der Waals surface area (Å²) in [5, 5.41) is 33.4. The molecule has 0 saturated carbocycles. The van der Waals surface area contributed by atoms with E-state index in [1.807, 2.05) is 98.7 Å². The molecule has 3 nitrogen and oxygen atoms in total.